The molecule has 0 aromatic heterocycles. The van der Waals surface area contributed by atoms with Gasteiger partial charge in [-0.3, -0.25) is 14.4 Å². The van der Waals surface area contributed by atoms with E-state index in [1.807, 2.05) is 13.8 Å². The van der Waals surface area contributed by atoms with Crippen LogP contribution >= 0.6 is 0 Å². The minimum absolute atomic E-state index is 0.111. The third-order valence-corrected chi connectivity index (χ3v) is 7.77. The second-order valence-electron chi connectivity index (χ2n) is 10.5. The number of rotatable bonds is 13. The highest BCUT2D eigenvalue weighted by molar-refractivity contribution is 6.03. The first kappa shape index (κ1) is 29.4. The average Bonchev–Trinajstić information content (AvgIpc) is 3.53. The van der Waals surface area contributed by atoms with Gasteiger partial charge < -0.3 is 19.9 Å². The van der Waals surface area contributed by atoms with Crippen LogP contribution in [-0.2, 0) is 25.7 Å². The van der Waals surface area contributed by atoms with Gasteiger partial charge >= 0.3 is 0 Å². The van der Waals surface area contributed by atoms with Gasteiger partial charge in [-0.1, -0.05) is 70.3 Å². The van der Waals surface area contributed by atoms with E-state index in [0.29, 0.717) is 37.5 Å². The summed E-state index contributed by atoms with van der Waals surface area (Å²) in [4.78, 5) is 43.3. The van der Waals surface area contributed by atoms with Crippen molar-refractivity contribution in [2.75, 3.05) is 26.8 Å². The highest BCUT2D eigenvalue weighted by Gasteiger charge is 2.43. The van der Waals surface area contributed by atoms with Crippen molar-refractivity contribution >= 4 is 17.7 Å². The third kappa shape index (κ3) is 6.44. The van der Waals surface area contributed by atoms with Gasteiger partial charge in [-0.05, 0) is 54.2 Å². The quantitative estimate of drug-likeness (QED) is 0.418. The highest BCUT2D eigenvalue weighted by atomic mass is 16.5. The van der Waals surface area contributed by atoms with E-state index in [1.54, 1.807) is 23.0 Å². The summed E-state index contributed by atoms with van der Waals surface area (Å²) < 4.78 is 5.24. The van der Waals surface area contributed by atoms with E-state index in [0.717, 1.165) is 37.0 Å². The Kier molecular flexibility index (Phi) is 10.5. The van der Waals surface area contributed by atoms with Crippen LogP contribution in [0.25, 0.3) is 0 Å². The van der Waals surface area contributed by atoms with E-state index >= 15 is 0 Å². The predicted octanol–water partition coefficient (Wildman–Crippen LogP) is 4.36. The highest BCUT2D eigenvalue weighted by Crippen LogP contribution is 2.29. The fourth-order valence-corrected chi connectivity index (χ4v) is 5.58. The van der Waals surface area contributed by atoms with Crippen LogP contribution in [0.15, 0.2) is 60.7 Å². The molecule has 7 nitrogen and oxygen atoms in total. The molecule has 1 aromatic carbocycles. The van der Waals surface area contributed by atoms with Crippen LogP contribution in [0.5, 0.6) is 0 Å². The number of nitrogens with zero attached hydrogens (tertiary/aromatic N) is 2. The van der Waals surface area contributed by atoms with Crippen LogP contribution in [0, 0.1) is 5.92 Å². The first-order chi connectivity index (χ1) is 18.3. The number of amides is 3. The van der Waals surface area contributed by atoms with Crippen molar-refractivity contribution in [3.05, 3.63) is 71.8 Å². The maximum atomic E-state index is 13.8. The lowest BCUT2D eigenvalue weighted by Gasteiger charge is -2.35. The van der Waals surface area contributed by atoms with Gasteiger partial charge in [-0.15, -0.1) is 0 Å². The second kappa shape index (κ2) is 13.6. The van der Waals surface area contributed by atoms with Gasteiger partial charge in [-0.25, -0.2) is 0 Å². The number of methoxy groups -OCH3 is 1. The maximum absolute atomic E-state index is 13.8. The lowest BCUT2D eigenvalue weighted by atomic mass is 9.93. The molecule has 2 aliphatic rings. The van der Waals surface area contributed by atoms with Crippen LogP contribution < -0.4 is 5.32 Å². The minimum Gasteiger partial charge on any atom is -0.385 e. The molecule has 3 unspecified atom stereocenters. The Labute approximate surface area is 227 Å². The number of nitrogens with one attached hydrogen (secondary N) is 1. The van der Waals surface area contributed by atoms with E-state index in [-0.39, 0.29) is 23.6 Å². The summed E-state index contributed by atoms with van der Waals surface area (Å²) in [5.74, 6) is -0.198. The zero-order valence-corrected chi connectivity index (χ0v) is 23.4. The van der Waals surface area contributed by atoms with Gasteiger partial charge in [0.25, 0.3) is 5.91 Å². The molecule has 38 heavy (non-hydrogen) atoms. The zero-order chi connectivity index (χ0) is 27.8. The fraction of sp³-hybridized carbons (Fsp3) is 0.516. The van der Waals surface area contributed by atoms with Crippen molar-refractivity contribution in [1.29, 1.82) is 0 Å². The third-order valence-electron chi connectivity index (χ3n) is 7.77. The summed E-state index contributed by atoms with van der Waals surface area (Å²) in [7, 11) is 1.72. The molecule has 7 heteroatoms. The monoisotopic (exact) mass is 521 g/mol. The molecule has 3 rings (SSSR count). The molecule has 3 amide bonds. The van der Waals surface area contributed by atoms with Crippen LogP contribution in [0.3, 0.4) is 0 Å². The smallest absolute Gasteiger partial charge is 0.255 e. The zero-order valence-electron chi connectivity index (χ0n) is 23.4. The van der Waals surface area contributed by atoms with Gasteiger partial charge in [0.05, 0.1) is 0 Å². The normalized spacial score (nSPS) is 19.2. The first-order valence-electron chi connectivity index (χ1n) is 13.7. The lowest BCUT2D eigenvalue weighted by molar-refractivity contribution is -0.147. The summed E-state index contributed by atoms with van der Waals surface area (Å²) in [6, 6.07) is 7.17. The van der Waals surface area contributed by atoms with Gasteiger partial charge in [0.1, 0.15) is 12.1 Å². The Hall–Kier alpha value is -3.19. The van der Waals surface area contributed by atoms with E-state index in [4.69, 9.17) is 4.74 Å². The molecule has 2 aliphatic heterocycles. The number of ether oxygens (including phenoxy) is 1. The van der Waals surface area contributed by atoms with Crippen molar-refractivity contribution in [3.63, 3.8) is 0 Å². The molecular weight excluding hydrogens is 478 g/mol. The molecule has 0 spiro atoms. The predicted molar refractivity (Wildman–Crippen MR) is 150 cm³/mol. The Morgan fingerprint density at radius 2 is 1.89 bits per heavy atom. The number of hydrogen-bond acceptors (Lipinski definition) is 4. The fourth-order valence-electron chi connectivity index (χ4n) is 5.58. The number of hydrogen-bond donors (Lipinski definition) is 1. The molecular formula is C31H43N3O4. The van der Waals surface area contributed by atoms with E-state index in [2.05, 4.69) is 49.7 Å². The van der Waals surface area contributed by atoms with Crippen molar-refractivity contribution in [2.45, 2.75) is 71.0 Å². The molecule has 0 radical (unpaired) electrons. The summed E-state index contributed by atoms with van der Waals surface area (Å²) >= 11 is 0. The van der Waals surface area contributed by atoms with Crippen LogP contribution in [0.1, 0.15) is 63.5 Å². The molecule has 206 valence electrons. The topological polar surface area (TPSA) is 79.0 Å². The van der Waals surface area contributed by atoms with Crippen molar-refractivity contribution in [2.24, 2.45) is 5.92 Å². The van der Waals surface area contributed by atoms with Gasteiger partial charge in [0, 0.05) is 38.9 Å². The largest absolute Gasteiger partial charge is 0.385 e. The van der Waals surface area contributed by atoms with Crippen LogP contribution in [0.4, 0.5) is 0 Å². The Morgan fingerprint density at radius 1 is 1.18 bits per heavy atom. The number of carbonyl (C=O) groups is 3. The molecule has 1 N–H and O–H groups in total. The van der Waals surface area contributed by atoms with Crippen molar-refractivity contribution < 1.29 is 19.1 Å². The van der Waals surface area contributed by atoms with E-state index in [9.17, 15) is 14.4 Å². The molecule has 1 saturated heterocycles. The standard InChI is InChI=1S/C31H43N3O4/c1-7-23(16-18-38-6)25-14-12-22(13-15-25)19-32-29(35)27-11-10-17-33(27)31(37)28(21(4)5)34-20-24(8-2)26(9-3)30(34)36/h8-9,12-15,21,23,27-28H,2-3,7,10-11,16-20H2,1,4-6H3,(H,32,35). The second-order valence-corrected chi connectivity index (χ2v) is 10.5. The molecule has 1 fully saturated rings. The first-order valence-corrected chi connectivity index (χ1v) is 13.7. The van der Waals surface area contributed by atoms with Gasteiger partial charge in [0.15, 0.2) is 0 Å². The van der Waals surface area contributed by atoms with Gasteiger partial charge in [-0.2, -0.15) is 0 Å². The average molecular weight is 522 g/mol. The molecule has 1 aromatic rings. The maximum Gasteiger partial charge on any atom is 0.255 e. The Bertz CT molecular complexity index is 1060. The van der Waals surface area contributed by atoms with E-state index in [1.165, 1.54) is 11.6 Å². The van der Waals surface area contributed by atoms with Crippen LogP contribution in [0.2, 0.25) is 0 Å². The summed E-state index contributed by atoms with van der Waals surface area (Å²) in [5.41, 5.74) is 3.55. The number of likely N-dealkylation sites (tertiary alicyclic amines) is 1. The summed E-state index contributed by atoms with van der Waals surface area (Å²) in [5, 5.41) is 3.03. The number of benzene rings is 1. The summed E-state index contributed by atoms with van der Waals surface area (Å²) in [6.45, 7) is 15.6. The lowest BCUT2D eigenvalue weighted by Crippen LogP contribution is -2.55. The number of carbonyl (C=O) groups excluding carboxylic acids is 3. The molecule has 0 aliphatic carbocycles. The SMILES string of the molecule is C=CC1=C(C=C)C(=O)N(C(C(=O)N2CCCC2C(=O)NCc2ccc(C(CC)CCOC)cc2)C(C)C)C1. The minimum atomic E-state index is -0.652. The molecule has 3 atom stereocenters. The van der Waals surface area contributed by atoms with Crippen LogP contribution in [-0.4, -0.2) is 66.4 Å². The van der Waals surface area contributed by atoms with Crippen molar-refractivity contribution in [3.8, 4) is 0 Å². The summed E-state index contributed by atoms with van der Waals surface area (Å²) in [6.07, 6.45) is 6.58. The Morgan fingerprint density at radius 3 is 2.45 bits per heavy atom. The molecule has 0 bridgehead atoms. The molecule has 2 heterocycles. The van der Waals surface area contributed by atoms with E-state index < -0.39 is 12.1 Å². The van der Waals surface area contributed by atoms with Crippen molar-refractivity contribution in [1.82, 2.24) is 15.1 Å². The Balaban J connectivity index is 1.65. The molecule has 0 saturated carbocycles. The van der Waals surface area contributed by atoms with Gasteiger partial charge in [0.2, 0.25) is 11.8 Å².